The number of carbonyl (C=O) groups excluding carboxylic acids is 1. The molecular weight excluding hydrogens is 388 g/mol. The number of hydrogen-bond acceptors (Lipinski definition) is 4. The van der Waals surface area contributed by atoms with E-state index in [1.54, 1.807) is 31.4 Å². The molecule has 0 saturated carbocycles. The summed E-state index contributed by atoms with van der Waals surface area (Å²) in [6.07, 6.45) is 3.47. The van der Waals surface area contributed by atoms with Gasteiger partial charge in [-0.15, -0.1) is 0 Å². The first-order chi connectivity index (χ1) is 13.9. The topological polar surface area (TPSA) is 75.7 Å². The van der Waals surface area contributed by atoms with Gasteiger partial charge in [0.15, 0.2) is 0 Å². The van der Waals surface area contributed by atoms with E-state index in [2.05, 4.69) is 12.2 Å². The molecule has 0 bridgehead atoms. The Balaban J connectivity index is 1.71. The first-order valence-corrected chi connectivity index (χ1v) is 11.4. The van der Waals surface area contributed by atoms with Crippen molar-refractivity contribution in [2.45, 2.75) is 50.0 Å². The van der Waals surface area contributed by atoms with E-state index in [0.717, 1.165) is 24.9 Å². The van der Waals surface area contributed by atoms with Gasteiger partial charge in [-0.25, -0.2) is 8.42 Å². The van der Waals surface area contributed by atoms with Crippen molar-refractivity contribution in [2.75, 3.05) is 19.0 Å². The summed E-state index contributed by atoms with van der Waals surface area (Å²) < 4.78 is 32.9. The summed E-state index contributed by atoms with van der Waals surface area (Å²) in [5, 5.41) is 2.89. The molecule has 1 N–H and O–H groups in total. The first kappa shape index (κ1) is 21.3. The Labute approximate surface area is 172 Å². The van der Waals surface area contributed by atoms with Crippen molar-refractivity contribution < 1.29 is 17.9 Å². The number of sulfonamides is 1. The molecule has 7 heteroatoms. The molecule has 156 valence electrons. The molecule has 1 aliphatic rings. The summed E-state index contributed by atoms with van der Waals surface area (Å²) in [4.78, 5) is 12.8. The summed E-state index contributed by atoms with van der Waals surface area (Å²) >= 11 is 0. The molecule has 29 heavy (non-hydrogen) atoms. The molecule has 1 atom stereocenters. The van der Waals surface area contributed by atoms with Crippen molar-refractivity contribution >= 4 is 21.6 Å². The van der Waals surface area contributed by atoms with Crippen LogP contribution in [0.1, 0.15) is 38.2 Å². The molecule has 2 aromatic rings. The Morgan fingerprint density at radius 3 is 2.41 bits per heavy atom. The monoisotopic (exact) mass is 416 g/mol. The highest BCUT2D eigenvalue weighted by Crippen LogP contribution is 2.28. The zero-order chi connectivity index (χ0) is 20.9. The third-order valence-electron chi connectivity index (χ3n) is 5.31. The van der Waals surface area contributed by atoms with Gasteiger partial charge in [-0.2, -0.15) is 4.31 Å². The number of nitrogens with one attached hydrogen (secondary N) is 1. The fraction of sp³-hybridized carbons (Fsp3) is 0.409. The van der Waals surface area contributed by atoms with Crippen LogP contribution in [0.2, 0.25) is 0 Å². The number of benzene rings is 2. The summed E-state index contributed by atoms with van der Waals surface area (Å²) in [5.41, 5.74) is 1.93. The van der Waals surface area contributed by atoms with Gasteiger partial charge in [0.05, 0.1) is 12.0 Å². The SMILES string of the molecule is CCc1ccc(NC(=O)CC2CCCCN2S(=O)(=O)c2ccc(OC)cc2)cc1. The lowest BCUT2D eigenvalue weighted by molar-refractivity contribution is -0.117. The molecule has 2 aromatic carbocycles. The van der Waals surface area contributed by atoms with E-state index in [9.17, 15) is 13.2 Å². The van der Waals surface area contributed by atoms with Crippen LogP contribution >= 0.6 is 0 Å². The number of carbonyl (C=O) groups is 1. The largest absolute Gasteiger partial charge is 0.497 e. The summed E-state index contributed by atoms with van der Waals surface area (Å²) in [7, 11) is -2.13. The predicted octanol–water partition coefficient (Wildman–Crippen LogP) is 3.83. The Bertz CT molecular complexity index is 924. The predicted molar refractivity (Wildman–Crippen MR) is 114 cm³/mol. The average molecular weight is 417 g/mol. The van der Waals surface area contributed by atoms with Gasteiger partial charge in [0.2, 0.25) is 15.9 Å². The molecule has 0 radical (unpaired) electrons. The molecule has 1 heterocycles. The minimum absolute atomic E-state index is 0.144. The Hall–Kier alpha value is -2.38. The molecule has 0 aliphatic carbocycles. The maximum absolute atomic E-state index is 13.2. The maximum Gasteiger partial charge on any atom is 0.243 e. The Morgan fingerprint density at radius 2 is 1.79 bits per heavy atom. The smallest absolute Gasteiger partial charge is 0.243 e. The third kappa shape index (κ3) is 5.16. The molecular formula is C22H28N2O4S. The maximum atomic E-state index is 13.2. The summed E-state index contributed by atoms with van der Waals surface area (Å²) in [6.45, 7) is 2.51. The molecule has 1 unspecified atom stereocenters. The summed E-state index contributed by atoms with van der Waals surface area (Å²) in [6, 6.07) is 13.8. The van der Waals surface area contributed by atoms with Crippen molar-refractivity contribution in [1.82, 2.24) is 4.31 Å². The van der Waals surface area contributed by atoms with Gasteiger partial charge in [-0.3, -0.25) is 4.79 Å². The summed E-state index contributed by atoms with van der Waals surface area (Å²) in [5.74, 6) is 0.434. The second-order valence-corrected chi connectivity index (χ2v) is 9.13. The number of methoxy groups -OCH3 is 1. The zero-order valence-corrected chi connectivity index (χ0v) is 17.7. The lowest BCUT2D eigenvalue weighted by Crippen LogP contribution is -2.45. The van der Waals surface area contributed by atoms with Crippen LogP contribution in [0, 0.1) is 0 Å². The highest BCUT2D eigenvalue weighted by molar-refractivity contribution is 7.89. The second-order valence-electron chi connectivity index (χ2n) is 7.24. The number of hydrogen-bond donors (Lipinski definition) is 1. The Morgan fingerprint density at radius 1 is 1.10 bits per heavy atom. The first-order valence-electron chi connectivity index (χ1n) is 9.98. The average Bonchev–Trinajstić information content (AvgIpc) is 2.74. The van der Waals surface area contributed by atoms with Gasteiger partial charge < -0.3 is 10.1 Å². The van der Waals surface area contributed by atoms with Crippen LogP contribution in [0.4, 0.5) is 5.69 Å². The van der Waals surface area contributed by atoms with E-state index in [4.69, 9.17) is 4.74 Å². The number of aryl methyl sites for hydroxylation is 1. The van der Waals surface area contributed by atoms with E-state index >= 15 is 0 Å². The zero-order valence-electron chi connectivity index (χ0n) is 16.9. The van der Waals surface area contributed by atoms with Crippen LogP contribution in [0.5, 0.6) is 5.75 Å². The van der Waals surface area contributed by atoms with Gasteiger partial charge >= 0.3 is 0 Å². The quantitative estimate of drug-likeness (QED) is 0.744. The van der Waals surface area contributed by atoms with E-state index < -0.39 is 10.0 Å². The normalized spacial score (nSPS) is 17.7. The number of nitrogens with zero attached hydrogens (tertiary/aromatic N) is 1. The Kier molecular flexibility index (Phi) is 6.92. The van der Waals surface area contributed by atoms with Crippen LogP contribution in [-0.2, 0) is 21.2 Å². The minimum atomic E-state index is -3.67. The van der Waals surface area contributed by atoms with Crippen molar-refractivity contribution in [3.05, 3.63) is 54.1 Å². The molecule has 1 saturated heterocycles. The molecule has 0 spiro atoms. The fourth-order valence-corrected chi connectivity index (χ4v) is 5.32. The van der Waals surface area contributed by atoms with Gasteiger partial charge in [0, 0.05) is 24.7 Å². The second kappa shape index (κ2) is 9.41. The lowest BCUT2D eigenvalue weighted by Gasteiger charge is -2.34. The molecule has 3 rings (SSSR count). The van der Waals surface area contributed by atoms with Crippen molar-refractivity contribution in [3.63, 3.8) is 0 Å². The highest BCUT2D eigenvalue weighted by atomic mass is 32.2. The minimum Gasteiger partial charge on any atom is -0.497 e. The number of rotatable bonds is 7. The van der Waals surface area contributed by atoms with Gasteiger partial charge in [-0.1, -0.05) is 25.5 Å². The number of anilines is 1. The third-order valence-corrected chi connectivity index (χ3v) is 7.27. The highest BCUT2D eigenvalue weighted by Gasteiger charge is 2.34. The van der Waals surface area contributed by atoms with E-state index in [0.29, 0.717) is 18.7 Å². The van der Waals surface area contributed by atoms with Crippen LogP contribution in [0.25, 0.3) is 0 Å². The van der Waals surface area contributed by atoms with Gasteiger partial charge in [0.25, 0.3) is 0 Å². The van der Waals surface area contributed by atoms with E-state index in [1.165, 1.54) is 9.87 Å². The van der Waals surface area contributed by atoms with E-state index in [-0.39, 0.29) is 23.3 Å². The molecule has 1 fully saturated rings. The van der Waals surface area contributed by atoms with Crippen molar-refractivity contribution in [1.29, 1.82) is 0 Å². The molecule has 1 amide bonds. The van der Waals surface area contributed by atoms with Crippen LogP contribution in [0.15, 0.2) is 53.4 Å². The molecule has 6 nitrogen and oxygen atoms in total. The van der Waals surface area contributed by atoms with Crippen LogP contribution < -0.4 is 10.1 Å². The number of amides is 1. The standard InChI is InChI=1S/C22H28N2O4S/c1-3-17-7-9-18(10-8-17)23-22(25)16-19-6-4-5-15-24(19)29(26,27)21-13-11-20(28-2)12-14-21/h7-14,19H,3-6,15-16H2,1-2H3,(H,23,25). The van der Waals surface area contributed by atoms with E-state index in [1.807, 2.05) is 24.3 Å². The number of piperidine rings is 1. The van der Waals surface area contributed by atoms with Crippen molar-refractivity contribution in [2.24, 2.45) is 0 Å². The van der Waals surface area contributed by atoms with Gasteiger partial charge in [-0.05, 0) is 61.2 Å². The molecule has 0 aromatic heterocycles. The van der Waals surface area contributed by atoms with Crippen LogP contribution in [0.3, 0.4) is 0 Å². The number of ether oxygens (including phenoxy) is 1. The molecule has 1 aliphatic heterocycles. The van der Waals surface area contributed by atoms with Crippen molar-refractivity contribution in [3.8, 4) is 5.75 Å². The lowest BCUT2D eigenvalue weighted by atomic mass is 10.0. The van der Waals surface area contributed by atoms with Crippen LogP contribution in [-0.4, -0.2) is 38.3 Å². The van der Waals surface area contributed by atoms with Gasteiger partial charge in [0.1, 0.15) is 5.75 Å². The fourth-order valence-electron chi connectivity index (χ4n) is 3.63.